The van der Waals surface area contributed by atoms with Crippen LogP contribution in [0.2, 0.25) is 0 Å². The number of rotatable bonds is 5. The Labute approximate surface area is 101 Å². The zero-order valence-electron chi connectivity index (χ0n) is 9.95. The third kappa shape index (κ3) is 3.20. The molecular weight excluding hydrogens is 216 g/mol. The Bertz CT molecular complexity index is 392. The number of carbonyl (C=O) groups is 1. The molecule has 0 radical (unpaired) electrons. The Kier molecular flexibility index (Phi) is 3.98. The van der Waals surface area contributed by atoms with Gasteiger partial charge >= 0.3 is 0 Å². The molecule has 0 bridgehead atoms. The zero-order chi connectivity index (χ0) is 12.1. The predicted molar refractivity (Wildman–Crippen MR) is 65.7 cm³/mol. The van der Waals surface area contributed by atoms with Gasteiger partial charge in [0.1, 0.15) is 5.76 Å². The zero-order valence-corrected chi connectivity index (χ0v) is 9.95. The summed E-state index contributed by atoms with van der Waals surface area (Å²) in [4.78, 5) is 13.9. The molecule has 1 N–H and O–H groups in total. The normalized spacial score (nSPS) is 16.0. The van der Waals surface area contributed by atoms with Gasteiger partial charge in [0.05, 0.1) is 6.54 Å². The molecule has 92 valence electrons. The largest absolute Gasteiger partial charge is 0.455 e. The molecule has 0 atom stereocenters. The average Bonchev–Trinajstić information content (AvgIpc) is 2.98. The second kappa shape index (κ2) is 5.68. The summed E-state index contributed by atoms with van der Waals surface area (Å²) < 4.78 is 5.52. The fourth-order valence-corrected chi connectivity index (χ4v) is 2.00. The van der Waals surface area contributed by atoms with Crippen LogP contribution in [0.4, 0.5) is 0 Å². The highest BCUT2D eigenvalue weighted by Crippen LogP contribution is 2.15. The van der Waals surface area contributed by atoms with Crippen molar-refractivity contribution in [3.63, 3.8) is 0 Å². The first-order valence-corrected chi connectivity index (χ1v) is 6.00. The van der Waals surface area contributed by atoms with E-state index in [4.69, 9.17) is 4.42 Å². The molecule has 0 aromatic carbocycles. The van der Waals surface area contributed by atoms with Gasteiger partial charge in [0.2, 0.25) is 0 Å². The molecule has 2 rings (SSSR count). The highest BCUT2D eigenvalue weighted by Gasteiger charge is 2.15. The molecule has 0 aliphatic carbocycles. The van der Waals surface area contributed by atoms with Crippen molar-refractivity contribution in [2.24, 2.45) is 0 Å². The summed E-state index contributed by atoms with van der Waals surface area (Å²) in [5.41, 5.74) is 0. The summed E-state index contributed by atoms with van der Waals surface area (Å²) in [7, 11) is 0. The van der Waals surface area contributed by atoms with Crippen LogP contribution in [0.3, 0.4) is 0 Å². The number of carbonyl (C=O) groups excluding carboxylic acids is 1. The number of hydrogen-bond acceptors (Lipinski definition) is 3. The number of hydrogen-bond donors (Lipinski definition) is 1. The molecule has 2 heterocycles. The van der Waals surface area contributed by atoms with Gasteiger partial charge in [0.15, 0.2) is 5.76 Å². The van der Waals surface area contributed by atoms with Gasteiger partial charge in [-0.15, -0.1) is 6.58 Å². The standard InChI is InChI=1S/C13H18N2O2/c1-2-7-14-13(16)12-6-5-11(17-12)10-15-8-3-4-9-15/h2,5-6H,1,3-4,7-10H2,(H,14,16). The number of furan rings is 1. The smallest absolute Gasteiger partial charge is 0.287 e. The molecule has 1 fully saturated rings. The molecule has 17 heavy (non-hydrogen) atoms. The summed E-state index contributed by atoms with van der Waals surface area (Å²) in [5.74, 6) is 1.05. The highest BCUT2D eigenvalue weighted by molar-refractivity contribution is 5.91. The maximum absolute atomic E-state index is 11.6. The van der Waals surface area contributed by atoms with Gasteiger partial charge in [-0.2, -0.15) is 0 Å². The molecule has 0 saturated carbocycles. The first-order chi connectivity index (χ1) is 8.29. The summed E-state index contributed by atoms with van der Waals surface area (Å²) in [6, 6.07) is 3.60. The maximum Gasteiger partial charge on any atom is 0.287 e. The Morgan fingerprint density at radius 1 is 1.47 bits per heavy atom. The SMILES string of the molecule is C=CCNC(=O)c1ccc(CN2CCCC2)o1. The van der Waals surface area contributed by atoms with E-state index >= 15 is 0 Å². The van der Waals surface area contributed by atoms with E-state index in [-0.39, 0.29) is 5.91 Å². The maximum atomic E-state index is 11.6. The van der Waals surface area contributed by atoms with Crippen molar-refractivity contribution in [1.29, 1.82) is 0 Å². The van der Waals surface area contributed by atoms with Crippen molar-refractivity contribution in [2.45, 2.75) is 19.4 Å². The predicted octanol–water partition coefficient (Wildman–Crippen LogP) is 1.79. The molecular formula is C13H18N2O2. The second-order valence-electron chi connectivity index (χ2n) is 4.25. The van der Waals surface area contributed by atoms with Gasteiger partial charge in [-0.05, 0) is 38.1 Å². The summed E-state index contributed by atoms with van der Waals surface area (Å²) in [6.45, 7) is 7.06. The van der Waals surface area contributed by atoms with Gasteiger partial charge in [-0.3, -0.25) is 9.69 Å². The molecule has 1 aliphatic heterocycles. The van der Waals surface area contributed by atoms with Crippen LogP contribution in [-0.2, 0) is 6.54 Å². The lowest BCUT2D eigenvalue weighted by Crippen LogP contribution is -2.22. The van der Waals surface area contributed by atoms with Crippen molar-refractivity contribution < 1.29 is 9.21 Å². The van der Waals surface area contributed by atoms with Crippen LogP contribution in [-0.4, -0.2) is 30.4 Å². The quantitative estimate of drug-likeness (QED) is 0.790. The molecule has 4 heteroatoms. The van der Waals surface area contributed by atoms with Crippen molar-refractivity contribution in [2.75, 3.05) is 19.6 Å². The molecule has 0 spiro atoms. The summed E-state index contributed by atoms with van der Waals surface area (Å²) >= 11 is 0. The van der Waals surface area contributed by atoms with Crippen LogP contribution in [0.15, 0.2) is 29.2 Å². The minimum atomic E-state index is -0.183. The third-order valence-electron chi connectivity index (χ3n) is 2.87. The lowest BCUT2D eigenvalue weighted by Gasteiger charge is -2.11. The van der Waals surface area contributed by atoms with Crippen LogP contribution in [0.5, 0.6) is 0 Å². The molecule has 1 aromatic heterocycles. The van der Waals surface area contributed by atoms with E-state index in [9.17, 15) is 4.79 Å². The fraction of sp³-hybridized carbons (Fsp3) is 0.462. The molecule has 1 saturated heterocycles. The van der Waals surface area contributed by atoms with E-state index in [1.54, 1.807) is 12.1 Å². The topological polar surface area (TPSA) is 45.5 Å². The van der Waals surface area contributed by atoms with Crippen molar-refractivity contribution in [3.8, 4) is 0 Å². The number of nitrogens with one attached hydrogen (secondary N) is 1. The van der Waals surface area contributed by atoms with Crippen LogP contribution in [0.25, 0.3) is 0 Å². The Morgan fingerprint density at radius 2 is 2.24 bits per heavy atom. The Balaban J connectivity index is 1.90. The molecule has 4 nitrogen and oxygen atoms in total. The van der Waals surface area contributed by atoms with E-state index in [1.807, 2.05) is 6.07 Å². The Morgan fingerprint density at radius 3 is 2.94 bits per heavy atom. The highest BCUT2D eigenvalue weighted by atomic mass is 16.4. The number of amides is 1. The lowest BCUT2D eigenvalue weighted by molar-refractivity contribution is 0.0927. The fourth-order valence-electron chi connectivity index (χ4n) is 2.00. The van der Waals surface area contributed by atoms with Crippen molar-refractivity contribution in [1.82, 2.24) is 10.2 Å². The van der Waals surface area contributed by atoms with Gasteiger partial charge < -0.3 is 9.73 Å². The first kappa shape index (κ1) is 11.9. The molecule has 1 aromatic rings. The summed E-state index contributed by atoms with van der Waals surface area (Å²) in [6.07, 6.45) is 4.16. The van der Waals surface area contributed by atoms with Crippen LogP contribution >= 0.6 is 0 Å². The van der Waals surface area contributed by atoms with Gasteiger partial charge in [-0.1, -0.05) is 6.08 Å². The average molecular weight is 234 g/mol. The second-order valence-corrected chi connectivity index (χ2v) is 4.25. The van der Waals surface area contributed by atoms with Gasteiger partial charge in [0, 0.05) is 6.54 Å². The van der Waals surface area contributed by atoms with Crippen molar-refractivity contribution >= 4 is 5.91 Å². The summed E-state index contributed by atoms with van der Waals surface area (Å²) in [5, 5.41) is 2.69. The van der Waals surface area contributed by atoms with Crippen molar-refractivity contribution in [3.05, 3.63) is 36.3 Å². The third-order valence-corrected chi connectivity index (χ3v) is 2.87. The lowest BCUT2D eigenvalue weighted by atomic mass is 10.4. The van der Waals surface area contributed by atoms with Gasteiger partial charge in [0.25, 0.3) is 5.91 Å². The van der Waals surface area contributed by atoms with Gasteiger partial charge in [-0.25, -0.2) is 0 Å². The Hall–Kier alpha value is -1.55. The van der Waals surface area contributed by atoms with E-state index in [0.717, 1.165) is 25.4 Å². The van der Waals surface area contributed by atoms with Crippen LogP contribution in [0, 0.1) is 0 Å². The molecule has 0 unspecified atom stereocenters. The number of likely N-dealkylation sites (tertiary alicyclic amines) is 1. The minimum absolute atomic E-state index is 0.183. The van der Waals surface area contributed by atoms with E-state index in [2.05, 4.69) is 16.8 Å². The van der Waals surface area contributed by atoms with Crippen LogP contribution < -0.4 is 5.32 Å². The van der Waals surface area contributed by atoms with E-state index in [0.29, 0.717) is 12.3 Å². The monoisotopic (exact) mass is 234 g/mol. The number of nitrogens with zero attached hydrogens (tertiary/aromatic N) is 1. The van der Waals surface area contributed by atoms with Crippen LogP contribution in [0.1, 0.15) is 29.2 Å². The van der Waals surface area contributed by atoms with E-state index < -0.39 is 0 Å². The molecule has 1 aliphatic rings. The minimum Gasteiger partial charge on any atom is -0.455 e. The van der Waals surface area contributed by atoms with E-state index in [1.165, 1.54) is 12.8 Å². The first-order valence-electron chi connectivity index (χ1n) is 6.00. The molecule has 1 amide bonds.